The predicted octanol–water partition coefficient (Wildman–Crippen LogP) is 2.38. The van der Waals surface area contributed by atoms with E-state index in [1.54, 1.807) is 6.21 Å². The summed E-state index contributed by atoms with van der Waals surface area (Å²) in [7, 11) is 0. The summed E-state index contributed by atoms with van der Waals surface area (Å²) in [6.45, 7) is 7.35. The summed E-state index contributed by atoms with van der Waals surface area (Å²) in [6, 6.07) is 10.3. The number of benzene rings is 1. The van der Waals surface area contributed by atoms with Gasteiger partial charge in [0.05, 0.1) is 19.4 Å². The van der Waals surface area contributed by atoms with Crippen LogP contribution in [0.5, 0.6) is 0 Å². The molecule has 1 aromatic heterocycles. The number of aryl methyl sites for hydroxylation is 2. The number of rotatable bonds is 4. The van der Waals surface area contributed by atoms with Gasteiger partial charge >= 0.3 is 0 Å². The van der Waals surface area contributed by atoms with Gasteiger partial charge in [-0.15, -0.1) is 0 Å². The van der Waals surface area contributed by atoms with Crippen molar-refractivity contribution in [1.82, 2.24) is 9.97 Å². The first-order valence-corrected chi connectivity index (χ1v) is 7.75. The van der Waals surface area contributed by atoms with E-state index >= 15 is 0 Å². The van der Waals surface area contributed by atoms with E-state index in [0.29, 0.717) is 5.95 Å². The Morgan fingerprint density at radius 2 is 1.74 bits per heavy atom. The minimum atomic E-state index is 0.517. The van der Waals surface area contributed by atoms with Gasteiger partial charge in [0.1, 0.15) is 0 Å². The van der Waals surface area contributed by atoms with Gasteiger partial charge < -0.3 is 9.64 Å². The molecular weight excluding hydrogens is 290 g/mol. The van der Waals surface area contributed by atoms with E-state index in [0.717, 1.165) is 43.3 Å². The first-order chi connectivity index (χ1) is 11.2. The Bertz CT molecular complexity index is 658. The van der Waals surface area contributed by atoms with Gasteiger partial charge in [-0.2, -0.15) is 5.10 Å². The van der Waals surface area contributed by atoms with Crippen LogP contribution in [-0.2, 0) is 4.74 Å². The lowest BCUT2D eigenvalue weighted by Crippen LogP contribution is -2.36. The molecule has 0 bridgehead atoms. The number of aromatic nitrogens is 2. The second-order valence-corrected chi connectivity index (χ2v) is 5.54. The van der Waals surface area contributed by atoms with Crippen LogP contribution in [-0.4, -0.2) is 42.5 Å². The van der Waals surface area contributed by atoms with Crippen LogP contribution in [0.3, 0.4) is 0 Å². The van der Waals surface area contributed by atoms with Gasteiger partial charge in [0, 0.05) is 30.2 Å². The third kappa shape index (κ3) is 4.26. The predicted molar refractivity (Wildman–Crippen MR) is 92.2 cm³/mol. The molecule has 1 N–H and O–H groups in total. The van der Waals surface area contributed by atoms with Crippen LogP contribution in [0.1, 0.15) is 17.0 Å². The number of nitrogens with zero attached hydrogens (tertiary/aromatic N) is 4. The first kappa shape index (κ1) is 15.4. The highest BCUT2D eigenvalue weighted by molar-refractivity contribution is 5.80. The highest BCUT2D eigenvalue weighted by Gasteiger charge is 2.10. The molecule has 1 saturated heterocycles. The van der Waals surface area contributed by atoms with E-state index < -0.39 is 0 Å². The van der Waals surface area contributed by atoms with Gasteiger partial charge in [-0.3, -0.25) is 0 Å². The maximum atomic E-state index is 5.37. The van der Waals surface area contributed by atoms with Gasteiger partial charge in [-0.1, -0.05) is 12.1 Å². The molecule has 6 heteroatoms. The van der Waals surface area contributed by atoms with Crippen molar-refractivity contribution in [2.45, 2.75) is 13.8 Å². The Morgan fingerprint density at radius 3 is 2.39 bits per heavy atom. The van der Waals surface area contributed by atoms with Crippen molar-refractivity contribution in [3.8, 4) is 0 Å². The van der Waals surface area contributed by atoms with E-state index in [2.05, 4.69) is 49.7 Å². The summed E-state index contributed by atoms with van der Waals surface area (Å²) in [6.07, 6.45) is 1.77. The molecule has 23 heavy (non-hydrogen) atoms. The number of hydrogen-bond donors (Lipinski definition) is 1. The molecule has 0 atom stereocenters. The van der Waals surface area contributed by atoms with E-state index in [9.17, 15) is 0 Å². The Balaban J connectivity index is 1.61. The Labute approximate surface area is 136 Å². The van der Waals surface area contributed by atoms with E-state index in [1.165, 1.54) is 5.69 Å². The molecule has 2 aromatic rings. The quantitative estimate of drug-likeness (QED) is 0.694. The van der Waals surface area contributed by atoms with Gasteiger partial charge in [0.25, 0.3) is 0 Å². The SMILES string of the molecule is Cc1cc(C)nc(N/N=C/c2ccc(N3CCOCC3)cc2)n1. The third-order valence-electron chi connectivity index (χ3n) is 3.63. The molecule has 0 aliphatic carbocycles. The fourth-order valence-corrected chi connectivity index (χ4v) is 2.53. The molecule has 3 rings (SSSR count). The summed E-state index contributed by atoms with van der Waals surface area (Å²) >= 11 is 0. The molecule has 1 aliphatic heterocycles. The summed E-state index contributed by atoms with van der Waals surface area (Å²) in [5.41, 5.74) is 6.96. The maximum Gasteiger partial charge on any atom is 0.243 e. The summed E-state index contributed by atoms with van der Waals surface area (Å²) in [4.78, 5) is 10.9. The zero-order valence-electron chi connectivity index (χ0n) is 13.5. The summed E-state index contributed by atoms with van der Waals surface area (Å²) in [5.74, 6) is 0.517. The average molecular weight is 311 g/mol. The largest absolute Gasteiger partial charge is 0.378 e. The van der Waals surface area contributed by atoms with Crippen LogP contribution in [0.15, 0.2) is 35.4 Å². The minimum absolute atomic E-state index is 0.517. The third-order valence-corrected chi connectivity index (χ3v) is 3.63. The fourth-order valence-electron chi connectivity index (χ4n) is 2.53. The molecule has 0 spiro atoms. The van der Waals surface area contributed by atoms with Crippen LogP contribution in [0.4, 0.5) is 11.6 Å². The molecule has 0 unspecified atom stereocenters. The lowest BCUT2D eigenvalue weighted by atomic mass is 10.2. The number of hydrazone groups is 1. The number of hydrogen-bond acceptors (Lipinski definition) is 6. The number of nitrogens with one attached hydrogen (secondary N) is 1. The molecule has 0 saturated carbocycles. The van der Waals surface area contributed by atoms with Crippen LogP contribution in [0.25, 0.3) is 0 Å². The smallest absolute Gasteiger partial charge is 0.243 e. The number of anilines is 2. The van der Waals surface area contributed by atoms with Crippen molar-refractivity contribution >= 4 is 17.9 Å². The first-order valence-electron chi connectivity index (χ1n) is 7.75. The molecule has 1 fully saturated rings. The maximum absolute atomic E-state index is 5.37. The molecule has 120 valence electrons. The van der Waals surface area contributed by atoms with Crippen molar-refractivity contribution in [2.24, 2.45) is 5.10 Å². The second kappa shape index (κ2) is 7.19. The zero-order valence-corrected chi connectivity index (χ0v) is 13.5. The highest BCUT2D eigenvalue weighted by atomic mass is 16.5. The molecule has 2 heterocycles. The van der Waals surface area contributed by atoms with Crippen LogP contribution in [0, 0.1) is 13.8 Å². The van der Waals surface area contributed by atoms with Crippen LogP contribution in [0.2, 0.25) is 0 Å². The van der Waals surface area contributed by atoms with Crippen LogP contribution >= 0.6 is 0 Å². The Kier molecular flexibility index (Phi) is 4.83. The topological polar surface area (TPSA) is 62.6 Å². The molecule has 0 amide bonds. The number of ether oxygens (including phenoxy) is 1. The average Bonchev–Trinajstić information content (AvgIpc) is 2.55. The lowest BCUT2D eigenvalue weighted by molar-refractivity contribution is 0.122. The van der Waals surface area contributed by atoms with E-state index in [-0.39, 0.29) is 0 Å². The normalized spacial score (nSPS) is 15.1. The van der Waals surface area contributed by atoms with E-state index in [4.69, 9.17) is 4.74 Å². The van der Waals surface area contributed by atoms with E-state index in [1.807, 2.05) is 19.9 Å². The van der Waals surface area contributed by atoms with Crippen molar-refractivity contribution in [3.05, 3.63) is 47.3 Å². The molecule has 1 aromatic carbocycles. The van der Waals surface area contributed by atoms with Crippen molar-refractivity contribution in [1.29, 1.82) is 0 Å². The number of morpholine rings is 1. The van der Waals surface area contributed by atoms with Gasteiger partial charge in [-0.25, -0.2) is 15.4 Å². The van der Waals surface area contributed by atoms with Crippen molar-refractivity contribution < 1.29 is 4.74 Å². The summed E-state index contributed by atoms with van der Waals surface area (Å²) in [5, 5.41) is 4.20. The van der Waals surface area contributed by atoms with Gasteiger partial charge in [0.15, 0.2) is 0 Å². The van der Waals surface area contributed by atoms with Gasteiger partial charge in [-0.05, 0) is 37.6 Å². The second-order valence-electron chi connectivity index (χ2n) is 5.54. The molecular formula is C17H21N5O. The monoisotopic (exact) mass is 311 g/mol. The highest BCUT2D eigenvalue weighted by Crippen LogP contribution is 2.16. The Morgan fingerprint density at radius 1 is 1.09 bits per heavy atom. The molecule has 6 nitrogen and oxygen atoms in total. The van der Waals surface area contributed by atoms with Crippen LogP contribution < -0.4 is 10.3 Å². The minimum Gasteiger partial charge on any atom is -0.378 e. The molecule has 0 radical (unpaired) electrons. The van der Waals surface area contributed by atoms with Crippen molar-refractivity contribution in [2.75, 3.05) is 36.6 Å². The lowest BCUT2D eigenvalue weighted by Gasteiger charge is -2.28. The van der Waals surface area contributed by atoms with Crippen molar-refractivity contribution in [3.63, 3.8) is 0 Å². The standard InChI is InChI=1S/C17H21N5O/c1-13-11-14(2)20-17(19-13)21-18-12-15-3-5-16(6-4-15)22-7-9-23-10-8-22/h3-6,11-12H,7-10H2,1-2H3,(H,19,20,21)/b18-12+. The zero-order chi connectivity index (χ0) is 16.1. The Hall–Kier alpha value is -2.47. The fraction of sp³-hybridized carbons (Fsp3) is 0.353. The summed E-state index contributed by atoms with van der Waals surface area (Å²) < 4.78 is 5.37. The van der Waals surface area contributed by atoms with Gasteiger partial charge in [0.2, 0.25) is 5.95 Å². The molecule has 1 aliphatic rings.